The molecule has 2 aromatic heterocycles. The smallest absolute Gasteiger partial charge is 0.262 e. The van der Waals surface area contributed by atoms with E-state index < -0.39 is 0 Å². The van der Waals surface area contributed by atoms with Crippen LogP contribution in [0, 0.1) is 4.77 Å². The molecule has 1 N–H and O–H groups in total. The van der Waals surface area contributed by atoms with E-state index in [1.165, 1.54) is 4.57 Å². The van der Waals surface area contributed by atoms with Crippen LogP contribution in [-0.4, -0.2) is 24.3 Å². The van der Waals surface area contributed by atoms with Crippen molar-refractivity contribution in [2.45, 2.75) is 20.0 Å². The Morgan fingerprint density at radius 1 is 1.35 bits per heavy atom. The number of aryl methyl sites for hydroxylation is 1. The van der Waals surface area contributed by atoms with Crippen LogP contribution in [0.15, 0.2) is 35.4 Å². The monoisotopic (exact) mass is 287 g/mol. The van der Waals surface area contributed by atoms with Crippen LogP contribution in [0.2, 0.25) is 0 Å². The molecule has 2 heterocycles. The maximum atomic E-state index is 12.5. The Morgan fingerprint density at radius 3 is 2.95 bits per heavy atom. The zero-order valence-electron chi connectivity index (χ0n) is 10.9. The molecule has 0 unspecified atom stereocenters. The number of benzene rings is 1. The molecule has 0 spiro atoms. The summed E-state index contributed by atoms with van der Waals surface area (Å²) in [6, 6.07) is 7.32. The van der Waals surface area contributed by atoms with E-state index >= 15 is 0 Å². The fourth-order valence-corrected chi connectivity index (χ4v) is 2.41. The summed E-state index contributed by atoms with van der Waals surface area (Å²) < 4.78 is 3.78. The minimum Gasteiger partial charge on any atom is -0.332 e. The number of nitrogens with one attached hydrogen (secondary N) is 1. The van der Waals surface area contributed by atoms with Crippen LogP contribution in [0.3, 0.4) is 0 Å². The molecule has 102 valence electrons. The van der Waals surface area contributed by atoms with Crippen molar-refractivity contribution in [1.82, 2.24) is 24.3 Å². The highest BCUT2D eigenvalue weighted by molar-refractivity contribution is 7.71. The highest BCUT2D eigenvalue weighted by Crippen LogP contribution is 2.07. The summed E-state index contributed by atoms with van der Waals surface area (Å²) in [4.78, 5) is 15.6. The molecule has 20 heavy (non-hydrogen) atoms. The zero-order valence-corrected chi connectivity index (χ0v) is 11.7. The van der Waals surface area contributed by atoms with Gasteiger partial charge < -0.3 is 9.55 Å². The Hall–Kier alpha value is -2.28. The molecule has 0 bridgehead atoms. The third kappa shape index (κ3) is 2.05. The van der Waals surface area contributed by atoms with Crippen molar-refractivity contribution in [3.8, 4) is 0 Å². The van der Waals surface area contributed by atoms with Gasteiger partial charge in [0.25, 0.3) is 5.56 Å². The third-order valence-corrected chi connectivity index (χ3v) is 3.55. The second-order valence-corrected chi connectivity index (χ2v) is 4.79. The van der Waals surface area contributed by atoms with E-state index in [0.29, 0.717) is 22.5 Å². The number of rotatable bonds is 3. The van der Waals surface area contributed by atoms with Crippen LogP contribution < -0.4 is 5.56 Å². The normalized spacial score (nSPS) is 11.1. The molecule has 0 saturated carbocycles. The molecular weight excluding hydrogens is 274 g/mol. The van der Waals surface area contributed by atoms with E-state index in [1.807, 2.05) is 29.7 Å². The highest BCUT2D eigenvalue weighted by atomic mass is 32.1. The van der Waals surface area contributed by atoms with Crippen LogP contribution in [0.4, 0.5) is 0 Å². The van der Waals surface area contributed by atoms with Crippen molar-refractivity contribution in [1.29, 1.82) is 0 Å². The SMILES string of the molecule is CCn1cnnc1Cn1c(=S)[nH]c2ccccc2c1=O. The average Bonchev–Trinajstić information content (AvgIpc) is 2.90. The number of hydrogen-bond acceptors (Lipinski definition) is 4. The summed E-state index contributed by atoms with van der Waals surface area (Å²) in [5.74, 6) is 0.712. The van der Waals surface area contributed by atoms with Crippen LogP contribution in [0.1, 0.15) is 12.7 Å². The maximum absolute atomic E-state index is 12.5. The lowest BCUT2D eigenvalue weighted by Crippen LogP contribution is -2.24. The lowest BCUT2D eigenvalue weighted by Gasteiger charge is -2.08. The number of aromatic amines is 1. The Labute approximate surface area is 119 Å². The lowest BCUT2D eigenvalue weighted by atomic mass is 10.2. The van der Waals surface area contributed by atoms with Gasteiger partial charge in [0.15, 0.2) is 10.6 Å². The third-order valence-electron chi connectivity index (χ3n) is 3.23. The number of para-hydroxylation sites is 1. The van der Waals surface area contributed by atoms with E-state index in [1.54, 1.807) is 12.4 Å². The molecule has 6 nitrogen and oxygen atoms in total. The van der Waals surface area contributed by atoms with Crippen molar-refractivity contribution < 1.29 is 0 Å². The molecule has 0 radical (unpaired) electrons. The van der Waals surface area contributed by atoms with E-state index in [-0.39, 0.29) is 5.56 Å². The second kappa shape index (κ2) is 5.01. The quantitative estimate of drug-likeness (QED) is 0.745. The Bertz CT molecular complexity index is 876. The topological polar surface area (TPSA) is 68.5 Å². The van der Waals surface area contributed by atoms with Gasteiger partial charge in [-0.15, -0.1) is 10.2 Å². The predicted molar refractivity (Wildman–Crippen MR) is 78.2 cm³/mol. The first-order valence-corrected chi connectivity index (χ1v) is 6.70. The molecule has 0 aliphatic heterocycles. The van der Waals surface area contributed by atoms with E-state index in [9.17, 15) is 4.79 Å². The first kappa shape index (κ1) is 12.7. The van der Waals surface area contributed by atoms with Crippen LogP contribution in [0.5, 0.6) is 0 Å². The molecule has 7 heteroatoms. The van der Waals surface area contributed by atoms with Gasteiger partial charge in [-0.05, 0) is 31.3 Å². The van der Waals surface area contributed by atoms with Gasteiger partial charge in [-0.25, -0.2) is 0 Å². The van der Waals surface area contributed by atoms with E-state index in [0.717, 1.165) is 12.1 Å². The van der Waals surface area contributed by atoms with Gasteiger partial charge in [0.1, 0.15) is 6.33 Å². The van der Waals surface area contributed by atoms with Crippen LogP contribution in [-0.2, 0) is 13.1 Å². The summed E-state index contributed by atoms with van der Waals surface area (Å²) in [5, 5.41) is 8.52. The number of fused-ring (bicyclic) bond motifs is 1. The van der Waals surface area contributed by atoms with Crippen molar-refractivity contribution >= 4 is 23.1 Å². The molecular formula is C13H13N5OS. The molecule has 0 amide bonds. The molecule has 0 saturated heterocycles. The Balaban J connectivity index is 2.17. The van der Waals surface area contributed by atoms with Crippen molar-refractivity contribution in [3.63, 3.8) is 0 Å². The molecule has 0 aliphatic rings. The molecule has 0 fully saturated rings. The van der Waals surface area contributed by atoms with Crippen LogP contribution >= 0.6 is 12.2 Å². The van der Waals surface area contributed by atoms with Gasteiger partial charge in [-0.1, -0.05) is 12.1 Å². The van der Waals surface area contributed by atoms with Crippen molar-refractivity contribution in [3.05, 3.63) is 51.5 Å². The highest BCUT2D eigenvalue weighted by Gasteiger charge is 2.09. The number of aromatic nitrogens is 5. The van der Waals surface area contributed by atoms with E-state index in [2.05, 4.69) is 15.2 Å². The number of nitrogens with zero attached hydrogens (tertiary/aromatic N) is 4. The Kier molecular flexibility index (Phi) is 3.19. The number of H-pyrrole nitrogens is 1. The lowest BCUT2D eigenvalue weighted by molar-refractivity contribution is 0.630. The maximum Gasteiger partial charge on any atom is 0.262 e. The van der Waals surface area contributed by atoms with Gasteiger partial charge in [0.05, 0.1) is 17.4 Å². The van der Waals surface area contributed by atoms with Gasteiger partial charge in [0, 0.05) is 6.54 Å². The fraction of sp³-hybridized carbons (Fsp3) is 0.231. The summed E-state index contributed by atoms with van der Waals surface area (Å²) in [5.41, 5.74) is 0.630. The van der Waals surface area contributed by atoms with Gasteiger partial charge in [-0.3, -0.25) is 9.36 Å². The first-order chi connectivity index (χ1) is 9.70. The van der Waals surface area contributed by atoms with Crippen LogP contribution in [0.25, 0.3) is 10.9 Å². The fourth-order valence-electron chi connectivity index (χ4n) is 2.15. The largest absolute Gasteiger partial charge is 0.332 e. The van der Waals surface area contributed by atoms with Crippen molar-refractivity contribution in [2.75, 3.05) is 0 Å². The van der Waals surface area contributed by atoms with Gasteiger partial charge in [-0.2, -0.15) is 0 Å². The predicted octanol–water partition coefficient (Wildman–Crippen LogP) is 1.72. The molecule has 1 aromatic carbocycles. The van der Waals surface area contributed by atoms with Crippen molar-refractivity contribution in [2.24, 2.45) is 0 Å². The summed E-state index contributed by atoms with van der Waals surface area (Å²) in [7, 11) is 0. The summed E-state index contributed by atoms with van der Waals surface area (Å²) >= 11 is 5.27. The Morgan fingerprint density at radius 2 is 2.15 bits per heavy atom. The minimum absolute atomic E-state index is 0.116. The molecule has 0 aliphatic carbocycles. The zero-order chi connectivity index (χ0) is 14.1. The standard InChI is InChI=1S/C13H13N5OS/c1-2-17-8-14-16-11(17)7-18-12(19)9-5-3-4-6-10(9)15-13(18)20/h3-6,8H,2,7H2,1H3,(H,15,20). The van der Waals surface area contributed by atoms with E-state index in [4.69, 9.17) is 12.2 Å². The molecule has 0 atom stereocenters. The molecule has 3 rings (SSSR count). The second-order valence-electron chi connectivity index (χ2n) is 4.40. The summed E-state index contributed by atoms with van der Waals surface area (Å²) in [6.07, 6.45) is 1.65. The molecule has 3 aromatic rings. The number of hydrogen-bond donors (Lipinski definition) is 1. The minimum atomic E-state index is -0.116. The summed E-state index contributed by atoms with van der Waals surface area (Å²) in [6.45, 7) is 3.06. The average molecular weight is 287 g/mol. The van der Waals surface area contributed by atoms with Gasteiger partial charge >= 0.3 is 0 Å². The van der Waals surface area contributed by atoms with Gasteiger partial charge in [0.2, 0.25) is 0 Å². The first-order valence-electron chi connectivity index (χ1n) is 6.29.